The number of anilines is 1. The minimum atomic E-state index is -0.280. The van der Waals surface area contributed by atoms with Gasteiger partial charge < -0.3 is 14.8 Å². The number of amides is 1. The number of nitrogens with zero attached hydrogens (tertiary/aromatic N) is 1. The summed E-state index contributed by atoms with van der Waals surface area (Å²) >= 11 is 6.00. The average molecular weight is 343 g/mol. The number of hydrogen-bond acceptors (Lipinski definition) is 5. The lowest BCUT2D eigenvalue weighted by molar-refractivity contribution is -0.118. The van der Waals surface area contributed by atoms with Crippen molar-refractivity contribution in [3.63, 3.8) is 0 Å². The normalized spacial score (nSPS) is 12.4. The molecule has 6 nitrogen and oxygen atoms in total. The van der Waals surface area contributed by atoms with Crippen LogP contribution in [0, 0.1) is 11.3 Å². The summed E-state index contributed by atoms with van der Waals surface area (Å²) in [5.74, 6) is 0.284. The summed E-state index contributed by atoms with van der Waals surface area (Å²) in [6, 6.07) is 11.3. The first-order chi connectivity index (χ1) is 11.6. The minimum absolute atomic E-state index is 0.0411. The third kappa shape index (κ3) is 3.31. The molecule has 0 unspecified atom stereocenters. The van der Waals surface area contributed by atoms with Crippen molar-refractivity contribution in [2.24, 2.45) is 0 Å². The van der Waals surface area contributed by atoms with Gasteiger partial charge in [0.2, 0.25) is 0 Å². The highest BCUT2D eigenvalue weighted by molar-refractivity contribution is 6.32. The van der Waals surface area contributed by atoms with Gasteiger partial charge in [-0.3, -0.25) is 9.59 Å². The lowest BCUT2D eigenvalue weighted by atomic mass is 10.1. The number of nitrogens with one attached hydrogen (secondary N) is 1. The van der Waals surface area contributed by atoms with Crippen molar-refractivity contribution >= 4 is 29.0 Å². The molecule has 0 saturated heterocycles. The minimum Gasteiger partial charge on any atom is -0.484 e. The summed E-state index contributed by atoms with van der Waals surface area (Å²) in [6.45, 7) is -0.264. The Labute approximate surface area is 142 Å². The molecular weight excluding hydrogens is 332 g/mol. The molecule has 1 aliphatic heterocycles. The van der Waals surface area contributed by atoms with Crippen LogP contribution in [-0.4, -0.2) is 24.9 Å². The predicted molar refractivity (Wildman–Crippen MR) is 86.6 cm³/mol. The van der Waals surface area contributed by atoms with Crippen LogP contribution in [0.4, 0.5) is 5.69 Å². The lowest BCUT2D eigenvalue weighted by Gasteiger charge is -2.18. The van der Waals surface area contributed by atoms with Gasteiger partial charge in [0.05, 0.1) is 22.3 Å². The zero-order valence-electron chi connectivity index (χ0n) is 12.3. The van der Waals surface area contributed by atoms with Crippen molar-refractivity contribution < 1.29 is 19.1 Å². The molecule has 0 saturated carbocycles. The highest BCUT2D eigenvalue weighted by Crippen LogP contribution is 2.29. The highest BCUT2D eigenvalue weighted by atomic mass is 35.5. The Morgan fingerprint density at radius 2 is 2.17 bits per heavy atom. The van der Waals surface area contributed by atoms with Gasteiger partial charge in [-0.15, -0.1) is 0 Å². The van der Waals surface area contributed by atoms with E-state index in [0.29, 0.717) is 28.3 Å². The van der Waals surface area contributed by atoms with Crippen LogP contribution in [-0.2, 0) is 4.79 Å². The van der Waals surface area contributed by atoms with Crippen molar-refractivity contribution in [1.82, 2.24) is 0 Å². The van der Waals surface area contributed by atoms with Crippen LogP contribution in [0.25, 0.3) is 0 Å². The van der Waals surface area contributed by atoms with E-state index in [1.165, 1.54) is 12.1 Å². The van der Waals surface area contributed by atoms with E-state index in [2.05, 4.69) is 5.32 Å². The van der Waals surface area contributed by atoms with E-state index in [1.54, 1.807) is 24.3 Å². The number of carbonyl (C=O) groups is 2. The van der Waals surface area contributed by atoms with Gasteiger partial charge in [0, 0.05) is 5.56 Å². The highest BCUT2D eigenvalue weighted by Gasteiger charge is 2.18. The zero-order chi connectivity index (χ0) is 17.1. The number of benzene rings is 2. The van der Waals surface area contributed by atoms with E-state index in [9.17, 15) is 9.59 Å². The first kappa shape index (κ1) is 15.8. The number of ketones is 1. The summed E-state index contributed by atoms with van der Waals surface area (Å²) < 4.78 is 10.6. The standard InChI is InChI=1S/C17H11ClN2O4/c18-12-5-10(7-19)1-3-15(12)23-8-14(21)11-2-4-16-13(6-11)20-17(22)9-24-16/h1-6H,8-9H2,(H,20,22). The van der Waals surface area contributed by atoms with Crippen molar-refractivity contribution in [2.75, 3.05) is 18.5 Å². The fraction of sp³-hybridized carbons (Fsp3) is 0.118. The number of rotatable bonds is 4. The molecule has 0 fully saturated rings. The molecular formula is C17H11ClN2O4. The lowest BCUT2D eigenvalue weighted by Crippen LogP contribution is -2.25. The Morgan fingerprint density at radius 1 is 1.33 bits per heavy atom. The van der Waals surface area contributed by atoms with Gasteiger partial charge in [0.1, 0.15) is 11.5 Å². The number of Topliss-reactive ketones (excluding diaryl/α,β-unsaturated/α-hetero) is 1. The molecule has 7 heteroatoms. The number of nitriles is 1. The second kappa shape index (κ2) is 6.60. The fourth-order valence-corrected chi connectivity index (χ4v) is 2.41. The largest absolute Gasteiger partial charge is 0.484 e. The molecule has 1 amide bonds. The van der Waals surface area contributed by atoms with Crippen LogP contribution in [0.2, 0.25) is 5.02 Å². The second-order valence-electron chi connectivity index (χ2n) is 5.02. The molecule has 1 N–H and O–H groups in total. The first-order valence-electron chi connectivity index (χ1n) is 6.99. The molecule has 0 radical (unpaired) electrons. The Hall–Kier alpha value is -3.04. The fourth-order valence-electron chi connectivity index (χ4n) is 2.17. The average Bonchev–Trinajstić information content (AvgIpc) is 2.59. The predicted octanol–water partition coefficient (Wildman–Crippen LogP) is 2.80. The number of ether oxygens (including phenoxy) is 2. The van der Waals surface area contributed by atoms with Crippen LogP contribution in [0.1, 0.15) is 15.9 Å². The molecule has 1 heterocycles. The van der Waals surface area contributed by atoms with Gasteiger partial charge in [-0.1, -0.05) is 11.6 Å². The smallest absolute Gasteiger partial charge is 0.262 e. The monoisotopic (exact) mass is 342 g/mol. The summed E-state index contributed by atoms with van der Waals surface area (Å²) in [5, 5.41) is 11.7. The molecule has 0 spiro atoms. The van der Waals surface area contributed by atoms with E-state index in [-0.39, 0.29) is 29.9 Å². The zero-order valence-corrected chi connectivity index (χ0v) is 13.1. The SMILES string of the molecule is N#Cc1ccc(OCC(=O)c2ccc3c(c2)NC(=O)CO3)c(Cl)c1. The molecule has 0 bridgehead atoms. The van der Waals surface area contributed by atoms with E-state index in [0.717, 1.165) is 0 Å². The van der Waals surface area contributed by atoms with Gasteiger partial charge in [-0.2, -0.15) is 5.26 Å². The number of fused-ring (bicyclic) bond motifs is 1. The van der Waals surface area contributed by atoms with Crippen molar-refractivity contribution in [3.05, 3.63) is 52.5 Å². The van der Waals surface area contributed by atoms with Gasteiger partial charge in [-0.25, -0.2) is 0 Å². The molecule has 24 heavy (non-hydrogen) atoms. The van der Waals surface area contributed by atoms with Crippen molar-refractivity contribution in [3.8, 4) is 17.6 Å². The number of carbonyl (C=O) groups excluding carboxylic acids is 2. The van der Waals surface area contributed by atoms with Crippen molar-refractivity contribution in [1.29, 1.82) is 5.26 Å². The maximum atomic E-state index is 12.2. The Kier molecular flexibility index (Phi) is 4.36. The summed E-state index contributed by atoms with van der Waals surface area (Å²) in [4.78, 5) is 23.6. The van der Waals surface area contributed by atoms with Gasteiger partial charge in [0.25, 0.3) is 5.91 Å². The van der Waals surface area contributed by atoms with Gasteiger partial charge >= 0.3 is 0 Å². The number of halogens is 1. The third-order valence-electron chi connectivity index (χ3n) is 3.35. The quantitative estimate of drug-likeness (QED) is 0.863. The maximum absolute atomic E-state index is 12.2. The molecule has 120 valence electrons. The van der Waals surface area contributed by atoms with Crippen LogP contribution in [0.3, 0.4) is 0 Å². The molecule has 0 aliphatic carbocycles. The first-order valence-corrected chi connectivity index (χ1v) is 7.37. The van der Waals surface area contributed by atoms with E-state index in [4.69, 9.17) is 26.3 Å². The second-order valence-corrected chi connectivity index (χ2v) is 5.42. The summed E-state index contributed by atoms with van der Waals surface area (Å²) in [5.41, 5.74) is 1.24. The van der Waals surface area contributed by atoms with E-state index < -0.39 is 0 Å². The number of hydrogen-bond donors (Lipinski definition) is 1. The Bertz CT molecular complexity index is 873. The Morgan fingerprint density at radius 3 is 2.92 bits per heavy atom. The molecule has 3 rings (SSSR count). The van der Waals surface area contributed by atoms with Crippen LogP contribution in [0.15, 0.2) is 36.4 Å². The van der Waals surface area contributed by atoms with E-state index in [1.807, 2.05) is 6.07 Å². The maximum Gasteiger partial charge on any atom is 0.262 e. The molecule has 2 aromatic carbocycles. The Balaban J connectivity index is 1.71. The van der Waals surface area contributed by atoms with Crippen LogP contribution in [0.5, 0.6) is 11.5 Å². The van der Waals surface area contributed by atoms with E-state index >= 15 is 0 Å². The molecule has 1 aliphatic rings. The molecule has 2 aromatic rings. The summed E-state index contributed by atoms with van der Waals surface area (Å²) in [7, 11) is 0. The van der Waals surface area contributed by atoms with Gasteiger partial charge in [0.15, 0.2) is 19.0 Å². The van der Waals surface area contributed by atoms with Crippen molar-refractivity contribution in [2.45, 2.75) is 0 Å². The topological polar surface area (TPSA) is 88.4 Å². The molecule has 0 aromatic heterocycles. The summed E-state index contributed by atoms with van der Waals surface area (Å²) in [6.07, 6.45) is 0. The third-order valence-corrected chi connectivity index (χ3v) is 3.65. The van der Waals surface area contributed by atoms with Crippen LogP contribution < -0.4 is 14.8 Å². The molecule has 0 atom stereocenters. The van der Waals surface area contributed by atoms with Crippen LogP contribution >= 0.6 is 11.6 Å². The van der Waals surface area contributed by atoms with Gasteiger partial charge in [-0.05, 0) is 36.4 Å².